The monoisotopic (exact) mass is 214 g/mol. The van der Waals surface area contributed by atoms with Crippen LogP contribution in [0.5, 0.6) is 0 Å². The number of thiol groups is 3. The van der Waals surface area contributed by atoms with Crippen molar-refractivity contribution in [1.29, 1.82) is 0 Å². The zero-order valence-corrected chi connectivity index (χ0v) is 9.17. The molecule has 0 aliphatic carbocycles. The molecule has 0 aromatic rings. The lowest BCUT2D eigenvalue weighted by atomic mass is 10.3. The fourth-order valence-corrected chi connectivity index (χ4v) is 0.690. The van der Waals surface area contributed by atoms with E-state index in [4.69, 9.17) is 4.89 Å². The van der Waals surface area contributed by atoms with E-state index in [2.05, 4.69) is 49.7 Å². The Hall–Kier alpha value is 0.970. The molecule has 0 rings (SSSR count). The SMILES string of the molecule is CCCCCOOC(S)(S)S. The van der Waals surface area contributed by atoms with E-state index in [1.165, 1.54) is 0 Å². The summed E-state index contributed by atoms with van der Waals surface area (Å²) in [6.45, 7) is 2.69. The average molecular weight is 214 g/mol. The van der Waals surface area contributed by atoms with Crippen molar-refractivity contribution in [1.82, 2.24) is 0 Å². The van der Waals surface area contributed by atoms with Crippen molar-refractivity contribution in [3.8, 4) is 0 Å². The molecule has 11 heavy (non-hydrogen) atoms. The molecule has 0 aromatic heterocycles. The van der Waals surface area contributed by atoms with Crippen molar-refractivity contribution in [2.45, 2.75) is 29.8 Å². The van der Waals surface area contributed by atoms with Crippen LogP contribution in [0.2, 0.25) is 0 Å². The summed E-state index contributed by atoms with van der Waals surface area (Å²) < 4.78 is -1.09. The molecule has 0 unspecified atom stereocenters. The molecule has 0 saturated heterocycles. The Kier molecular flexibility index (Phi) is 7.05. The van der Waals surface area contributed by atoms with E-state index in [1.54, 1.807) is 0 Å². The molecule has 0 aromatic carbocycles. The molecule has 0 fully saturated rings. The molecule has 0 aliphatic heterocycles. The third kappa shape index (κ3) is 11.0. The fourth-order valence-electron chi connectivity index (χ4n) is 0.532. The van der Waals surface area contributed by atoms with Crippen molar-refractivity contribution >= 4 is 37.9 Å². The number of hydrogen-bond donors (Lipinski definition) is 3. The van der Waals surface area contributed by atoms with Crippen molar-refractivity contribution < 1.29 is 9.78 Å². The number of unbranched alkanes of at least 4 members (excludes halogenated alkanes) is 2. The second kappa shape index (κ2) is 6.48. The van der Waals surface area contributed by atoms with E-state index in [0.29, 0.717) is 6.61 Å². The lowest BCUT2D eigenvalue weighted by molar-refractivity contribution is -0.294. The molecular formula is C6H14O2S3. The highest BCUT2D eigenvalue weighted by Crippen LogP contribution is 2.25. The largest absolute Gasteiger partial charge is 0.234 e. The fraction of sp³-hybridized carbons (Fsp3) is 1.00. The van der Waals surface area contributed by atoms with Crippen LogP contribution in [0.15, 0.2) is 0 Å². The Morgan fingerprint density at radius 1 is 1.18 bits per heavy atom. The molecule has 0 saturated carbocycles. The maximum atomic E-state index is 4.77. The number of rotatable bonds is 6. The summed E-state index contributed by atoms with van der Waals surface area (Å²) in [5, 5.41) is 0. The Balaban J connectivity index is 3.02. The third-order valence-corrected chi connectivity index (χ3v) is 1.23. The Morgan fingerprint density at radius 3 is 2.27 bits per heavy atom. The van der Waals surface area contributed by atoms with Gasteiger partial charge >= 0.3 is 0 Å². The topological polar surface area (TPSA) is 18.5 Å². The molecule has 0 spiro atoms. The summed E-state index contributed by atoms with van der Waals surface area (Å²) in [4.78, 5) is 9.44. The van der Waals surface area contributed by atoms with Gasteiger partial charge in [0.2, 0.25) is 3.60 Å². The van der Waals surface area contributed by atoms with Gasteiger partial charge in [-0.05, 0) is 6.42 Å². The Bertz CT molecular complexity index is 92.3. The van der Waals surface area contributed by atoms with Crippen LogP contribution in [0.1, 0.15) is 26.2 Å². The lowest BCUT2D eigenvalue weighted by Gasteiger charge is -2.13. The van der Waals surface area contributed by atoms with Crippen LogP contribution in [0.3, 0.4) is 0 Å². The van der Waals surface area contributed by atoms with E-state index >= 15 is 0 Å². The first-order valence-electron chi connectivity index (χ1n) is 3.54. The molecule has 68 valence electrons. The van der Waals surface area contributed by atoms with Gasteiger partial charge in [0, 0.05) is 0 Å². The first kappa shape index (κ1) is 12.0. The second-order valence-corrected chi connectivity index (χ2v) is 5.13. The van der Waals surface area contributed by atoms with Crippen LogP contribution in [0.4, 0.5) is 0 Å². The summed E-state index contributed by atoms with van der Waals surface area (Å²) >= 11 is 11.6. The van der Waals surface area contributed by atoms with Gasteiger partial charge in [0.15, 0.2) is 0 Å². The summed E-state index contributed by atoms with van der Waals surface area (Å²) in [5.74, 6) is 0. The third-order valence-electron chi connectivity index (χ3n) is 1.00. The standard InChI is InChI=1S/C6H14O2S3/c1-2-3-4-5-7-8-6(9,10)11/h9-11H,2-5H2,1H3. The van der Waals surface area contributed by atoms with Gasteiger partial charge in [-0.25, -0.2) is 4.89 Å². The van der Waals surface area contributed by atoms with E-state index in [0.717, 1.165) is 19.3 Å². The zero-order chi connectivity index (χ0) is 8.74. The van der Waals surface area contributed by atoms with Crippen LogP contribution in [0.25, 0.3) is 0 Å². The summed E-state index contributed by atoms with van der Waals surface area (Å²) in [6, 6.07) is 0. The van der Waals surface area contributed by atoms with Crippen molar-refractivity contribution in [2.24, 2.45) is 0 Å². The van der Waals surface area contributed by atoms with Crippen molar-refractivity contribution in [3.05, 3.63) is 0 Å². The van der Waals surface area contributed by atoms with Crippen LogP contribution in [-0.4, -0.2) is 10.2 Å². The smallest absolute Gasteiger partial charge is 0.232 e. The molecule has 0 heterocycles. The lowest BCUT2D eigenvalue weighted by Crippen LogP contribution is -2.10. The molecule has 0 amide bonds. The van der Waals surface area contributed by atoms with Gasteiger partial charge in [-0.3, -0.25) is 0 Å². The summed E-state index contributed by atoms with van der Waals surface area (Å²) in [6.07, 6.45) is 3.29. The first-order chi connectivity index (χ1) is 5.06. The zero-order valence-electron chi connectivity index (χ0n) is 6.49. The minimum atomic E-state index is -1.09. The summed E-state index contributed by atoms with van der Waals surface area (Å²) in [7, 11) is 0. The predicted octanol–water partition coefficient (Wildman–Crippen LogP) is 2.53. The van der Waals surface area contributed by atoms with Gasteiger partial charge in [0.1, 0.15) is 0 Å². The van der Waals surface area contributed by atoms with E-state index in [1.807, 2.05) is 0 Å². The highest BCUT2D eigenvalue weighted by atomic mass is 32.2. The molecule has 0 radical (unpaired) electrons. The highest BCUT2D eigenvalue weighted by Gasteiger charge is 2.14. The maximum absolute atomic E-state index is 4.77. The van der Waals surface area contributed by atoms with E-state index in [-0.39, 0.29) is 0 Å². The molecule has 0 aliphatic rings. The minimum absolute atomic E-state index is 0.567. The van der Waals surface area contributed by atoms with Crippen LogP contribution < -0.4 is 0 Å². The predicted molar refractivity (Wildman–Crippen MR) is 56.3 cm³/mol. The molecule has 0 N–H and O–H groups in total. The highest BCUT2D eigenvalue weighted by molar-refractivity contribution is 8.16. The maximum Gasteiger partial charge on any atom is 0.232 e. The molecule has 5 heteroatoms. The minimum Gasteiger partial charge on any atom is -0.234 e. The summed E-state index contributed by atoms with van der Waals surface area (Å²) in [5.41, 5.74) is 0. The first-order valence-corrected chi connectivity index (χ1v) is 4.88. The van der Waals surface area contributed by atoms with Gasteiger partial charge in [-0.2, -0.15) is 4.89 Å². The van der Waals surface area contributed by atoms with Crippen molar-refractivity contribution in [2.75, 3.05) is 6.61 Å². The molecule has 0 atom stereocenters. The van der Waals surface area contributed by atoms with E-state index in [9.17, 15) is 0 Å². The van der Waals surface area contributed by atoms with Gasteiger partial charge < -0.3 is 0 Å². The van der Waals surface area contributed by atoms with Gasteiger partial charge in [0.25, 0.3) is 0 Å². The molecule has 0 bridgehead atoms. The van der Waals surface area contributed by atoms with Crippen LogP contribution in [-0.2, 0) is 9.78 Å². The van der Waals surface area contributed by atoms with Crippen LogP contribution >= 0.6 is 37.9 Å². The van der Waals surface area contributed by atoms with Gasteiger partial charge in [-0.1, -0.05) is 19.8 Å². The number of hydrogen-bond acceptors (Lipinski definition) is 5. The average Bonchev–Trinajstić information content (AvgIpc) is 1.85. The Morgan fingerprint density at radius 2 is 1.82 bits per heavy atom. The van der Waals surface area contributed by atoms with Crippen LogP contribution in [0, 0.1) is 0 Å². The van der Waals surface area contributed by atoms with E-state index < -0.39 is 3.60 Å². The normalized spacial score (nSPS) is 12.0. The Labute approximate surface area is 84.2 Å². The molecular weight excluding hydrogens is 200 g/mol. The van der Waals surface area contributed by atoms with Crippen molar-refractivity contribution in [3.63, 3.8) is 0 Å². The molecule has 2 nitrogen and oxygen atoms in total. The van der Waals surface area contributed by atoms with Gasteiger partial charge in [0.05, 0.1) is 6.61 Å². The quantitative estimate of drug-likeness (QED) is 0.207. The van der Waals surface area contributed by atoms with Gasteiger partial charge in [-0.15, -0.1) is 37.9 Å². The second-order valence-electron chi connectivity index (χ2n) is 2.19.